The molecule has 0 saturated carbocycles. The van der Waals surface area contributed by atoms with Gasteiger partial charge < -0.3 is 15.2 Å². The highest BCUT2D eigenvalue weighted by atomic mass is 16.5. The summed E-state index contributed by atoms with van der Waals surface area (Å²) >= 11 is 0. The zero-order valence-corrected chi connectivity index (χ0v) is 12.6. The molecule has 1 atom stereocenters. The standard InChI is InChI=1S/C17H19NO4/c1-11(2)16(17(20)21)18-15(19)10-22-14-9-5-7-12-6-3-4-8-13(12)14/h3-9,11,16H,10H2,1-2H3,(H,18,19)(H,20,21)/t16-/m1/s1. The Bertz CT molecular complexity index is 676. The van der Waals surface area contributed by atoms with Crippen LogP contribution in [0.4, 0.5) is 0 Å². The summed E-state index contributed by atoms with van der Waals surface area (Å²) in [6.45, 7) is 3.26. The first-order valence-corrected chi connectivity index (χ1v) is 7.11. The van der Waals surface area contributed by atoms with Gasteiger partial charge in [-0.3, -0.25) is 4.79 Å². The van der Waals surface area contributed by atoms with E-state index in [-0.39, 0.29) is 12.5 Å². The van der Waals surface area contributed by atoms with Gasteiger partial charge in [0.1, 0.15) is 11.8 Å². The van der Waals surface area contributed by atoms with Gasteiger partial charge >= 0.3 is 5.97 Å². The lowest BCUT2D eigenvalue weighted by atomic mass is 10.1. The van der Waals surface area contributed by atoms with Gasteiger partial charge in [-0.05, 0) is 17.4 Å². The van der Waals surface area contributed by atoms with E-state index in [2.05, 4.69) is 5.32 Å². The van der Waals surface area contributed by atoms with E-state index >= 15 is 0 Å². The molecule has 0 spiro atoms. The Morgan fingerprint density at radius 1 is 1.14 bits per heavy atom. The third kappa shape index (κ3) is 3.75. The van der Waals surface area contributed by atoms with Gasteiger partial charge in [0.2, 0.25) is 0 Å². The molecule has 0 heterocycles. The molecule has 22 heavy (non-hydrogen) atoms. The molecule has 2 N–H and O–H groups in total. The number of amides is 1. The molecule has 0 saturated heterocycles. The molecular formula is C17H19NO4. The predicted octanol–water partition coefficient (Wildman–Crippen LogP) is 2.44. The van der Waals surface area contributed by atoms with Crippen molar-refractivity contribution < 1.29 is 19.4 Å². The lowest BCUT2D eigenvalue weighted by Gasteiger charge is -2.18. The number of carboxylic acid groups (broad SMARTS) is 1. The number of benzene rings is 2. The quantitative estimate of drug-likeness (QED) is 0.859. The van der Waals surface area contributed by atoms with E-state index < -0.39 is 17.9 Å². The number of fused-ring (bicyclic) bond motifs is 1. The zero-order chi connectivity index (χ0) is 16.1. The van der Waals surface area contributed by atoms with E-state index in [1.165, 1.54) is 0 Å². The summed E-state index contributed by atoms with van der Waals surface area (Å²) in [4.78, 5) is 22.9. The number of nitrogens with one attached hydrogen (secondary N) is 1. The van der Waals surface area contributed by atoms with E-state index in [0.717, 1.165) is 10.8 Å². The van der Waals surface area contributed by atoms with Crippen LogP contribution in [0.3, 0.4) is 0 Å². The summed E-state index contributed by atoms with van der Waals surface area (Å²) in [6, 6.07) is 12.4. The number of carbonyl (C=O) groups excluding carboxylic acids is 1. The molecule has 0 unspecified atom stereocenters. The minimum absolute atomic E-state index is 0.195. The van der Waals surface area contributed by atoms with Crippen molar-refractivity contribution in [2.45, 2.75) is 19.9 Å². The molecule has 0 bridgehead atoms. The highest BCUT2D eigenvalue weighted by Crippen LogP contribution is 2.24. The molecule has 5 heteroatoms. The highest BCUT2D eigenvalue weighted by molar-refractivity contribution is 5.89. The molecule has 0 aromatic heterocycles. The third-order valence-electron chi connectivity index (χ3n) is 3.36. The summed E-state index contributed by atoms with van der Waals surface area (Å²) in [5.41, 5.74) is 0. The van der Waals surface area contributed by atoms with Gasteiger partial charge in [0.15, 0.2) is 6.61 Å². The van der Waals surface area contributed by atoms with Gasteiger partial charge in [-0.15, -0.1) is 0 Å². The summed E-state index contributed by atoms with van der Waals surface area (Å²) in [5, 5.41) is 13.5. The van der Waals surface area contributed by atoms with Crippen LogP contribution in [0.1, 0.15) is 13.8 Å². The van der Waals surface area contributed by atoms with Crippen molar-refractivity contribution in [3.8, 4) is 5.75 Å². The van der Waals surface area contributed by atoms with Gasteiger partial charge in [0.05, 0.1) is 0 Å². The predicted molar refractivity (Wildman–Crippen MR) is 83.8 cm³/mol. The minimum atomic E-state index is -1.05. The molecule has 2 aromatic carbocycles. The van der Waals surface area contributed by atoms with E-state index in [1.807, 2.05) is 36.4 Å². The molecule has 0 fully saturated rings. The van der Waals surface area contributed by atoms with Crippen LogP contribution in [-0.2, 0) is 9.59 Å². The van der Waals surface area contributed by atoms with Crippen molar-refractivity contribution in [2.24, 2.45) is 5.92 Å². The number of hydrogen-bond acceptors (Lipinski definition) is 3. The van der Waals surface area contributed by atoms with Crippen molar-refractivity contribution in [2.75, 3.05) is 6.61 Å². The number of ether oxygens (including phenoxy) is 1. The molecule has 2 aromatic rings. The zero-order valence-electron chi connectivity index (χ0n) is 12.6. The number of hydrogen-bond donors (Lipinski definition) is 2. The minimum Gasteiger partial charge on any atom is -0.483 e. The second kappa shape index (κ2) is 6.93. The molecular weight excluding hydrogens is 282 g/mol. The van der Waals surface area contributed by atoms with E-state index in [9.17, 15) is 9.59 Å². The first kappa shape index (κ1) is 15.8. The molecule has 2 rings (SSSR count). The topological polar surface area (TPSA) is 75.6 Å². The number of carbonyl (C=O) groups is 2. The lowest BCUT2D eigenvalue weighted by molar-refractivity contribution is -0.143. The molecule has 0 aliphatic carbocycles. The Balaban J connectivity index is 2.03. The molecule has 5 nitrogen and oxygen atoms in total. The maximum Gasteiger partial charge on any atom is 0.326 e. The number of carboxylic acids is 1. The summed E-state index contributed by atoms with van der Waals surface area (Å²) in [7, 11) is 0. The van der Waals surface area contributed by atoms with Gasteiger partial charge in [-0.1, -0.05) is 50.2 Å². The van der Waals surface area contributed by atoms with E-state index in [4.69, 9.17) is 9.84 Å². The fourth-order valence-corrected chi connectivity index (χ4v) is 2.19. The van der Waals surface area contributed by atoms with Gasteiger partial charge in [0.25, 0.3) is 5.91 Å². The summed E-state index contributed by atoms with van der Waals surface area (Å²) in [5.74, 6) is -1.09. The highest BCUT2D eigenvalue weighted by Gasteiger charge is 2.23. The first-order valence-electron chi connectivity index (χ1n) is 7.11. The van der Waals surface area contributed by atoms with E-state index in [1.54, 1.807) is 19.9 Å². The Labute approximate surface area is 128 Å². The largest absolute Gasteiger partial charge is 0.483 e. The second-order valence-corrected chi connectivity index (χ2v) is 5.39. The van der Waals surface area contributed by atoms with Crippen molar-refractivity contribution in [1.29, 1.82) is 0 Å². The molecule has 0 aliphatic heterocycles. The van der Waals surface area contributed by atoms with Crippen LogP contribution in [0.5, 0.6) is 5.75 Å². The van der Waals surface area contributed by atoms with Crippen LogP contribution >= 0.6 is 0 Å². The Hall–Kier alpha value is -2.56. The fourth-order valence-electron chi connectivity index (χ4n) is 2.19. The average Bonchev–Trinajstić information content (AvgIpc) is 2.49. The van der Waals surface area contributed by atoms with Crippen LogP contribution in [0.25, 0.3) is 10.8 Å². The summed E-state index contributed by atoms with van der Waals surface area (Å²) < 4.78 is 5.54. The van der Waals surface area contributed by atoms with Crippen LogP contribution in [0.2, 0.25) is 0 Å². The van der Waals surface area contributed by atoms with Crippen LogP contribution < -0.4 is 10.1 Å². The number of aliphatic carboxylic acids is 1. The first-order chi connectivity index (χ1) is 10.5. The second-order valence-electron chi connectivity index (χ2n) is 5.39. The summed E-state index contributed by atoms with van der Waals surface area (Å²) in [6.07, 6.45) is 0. The van der Waals surface area contributed by atoms with Crippen LogP contribution in [-0.4, -0.2) is 29.6 Å². The van der Waals surface area contributed by atoms with Crippen molar-refractivity contribution in [3.05, 3.63) is 42.5 Å². The van der Waals surface area contributed by atoms with Crippen LogP contribution in [0.15, 0.2) is 42.5 Å². The maximum absolute atomic E-state index is 11.9. The van der Waals surface area contributed by atoms with Crippen LogP contribution in [0, 0.1) is 5.92 Å². The molecule has 1 amide bonds. The van der Waals surface area contributed by atoms with E-state index in [0.29, 0.717) is 5.75 Å². The Kier molecular flexibility index (Phi) is 4.99. The molecule has 0 radical (unpaired) electrons. The smallest absolute Gasteiger partial charge is 0.326 e. The maximum atomic E-state index is 11.9. The van der Waals surface area contributed by atoms with Crippen molar-refractivity contribution in [3.63, 3.8) is 0 Å². The average molecular weight is 301 g/mol. The van der Waals surface area contributed by atoms with Crippen molar-refractivity contribution >= 4 is 22.6 Å². The Morgan fingerprint density at radius 3 is 2.50 bits per heavy atom. The Morgan fingerprint density at radius 2 is 1.82 bits per heavy atom. The monoisotopic (exact) mass is 301 g/mol. The molecule has 116 valence electrons. The SMILES string of the molecule is CC(C)[C@@H](NC(=O)COc1cccc2ccccc12)C(=O)O. The lowest BCUT2D eigenvalue weighted by Crippen LogP contribution is -2.46. The van der Waals surface area contributed by atoms with Gasteiger partial charge in [-0.2, -0.15) is 0 Å². The number of rotatable bonds is 6. The fraction of sp³-hybridized carbons (Fsp3) is 0.294. The van der Waals surface area contributed by atoms with Crippen molar-refractivity contribution in [1.82, 2.24) is 5.32 Å². The molecule has 0 aliphatic rings. The third-order valence-corrected chi connectivity index (χ3v) is 3.36. The normalized spacial score (nSPS) is 12.1. The van der Waals surface area contributed by atoms with Gasteiger partial charge in [0, 0.05) is 5.39 Å². The van der Waals surface area contributed by atoms with Gasteiger partial charge in [-0.25, -0.2) is 4.79 Å².